The number of fused-ring (bicyclic) bond motifs is 1. The van der Waals surface area contributed by atoms with Gasteiger partial charge in [0, 0.05) is 29.3 Å². The van der Waals surface area contributed by atoms with Crippen LogP contribution in [0.2, 0.25) is 5.02 Å². The Hall–Kier alpha value is -1.36. The van der Waals surface area contributed by atoms with E-state index in [9.17, 15) is 0 Å². The number of para-hydroxylation sites is 1. The normalized spacial score (nSPS) is 12.9. The first-order chi connectivity index (χ1) is 9.70. The molecule has 1 atom stereocenters. The van der Waals surface area contributed by atoms with Crippen molar-refractivity contribution in [1.29, 1.82) is 0 Å². The maximum atomic E-state index is 6.29. The summed E-state index contributed by atoms with van der Waals surface area (Å²) in [5, 5.41) is 8.59. The highest BCUT2D eigenvalue weighted by atomic mass is 35.5. The molecule has 0 aliphatic rings. The summed E-state index contributed by atoms with van der Waals surface area (Å²) >= 11 is 7.76. The van der Waals surface area contributed by atoms with Gasteiger partial charge in [0.05, 0.1) is 16.2 Å². The first kappa shape index (κ1) is 13.6. The zero-order valence-electron chi connectivity index (χ0n) is 11.2. The van der Waals surface area contributed by atoms with Crippen LogP contribution in [0.1, 0.15) is 23.5 Å². The number of aromatic nitrogens is 2. The summed E-state index contributed by atoms with van der Waals surface area (Å²) in [5.41, 5.74) is 8.49. The Labute approximate surface area is 127 Å². The minimum Gasteiger partial charge on any atom is -0.323 e. The van der Waals surface area contributed by atoms with Crippen LogP contribution in [0, 0.1) is 0 Å². The van der Waals surface area contributed by atoms with Gasteiger partial charge in [-0.2, -0.15) is 5.10 Å². The van der Waals surface area contributed by atoms with Crippen LogP contribution in [0.4, 0.5) is 0 Å². The van der Waals surface area contributed by atoms with E-state index in [1.807, 2.05) is 28.3 Å². The van der Waals surface area contributed by atoms with Crippen LogP contribution in [0.25, 0.3) is 10.9 Å². The molecule has 0 saturated carbocycles. The van der Waals surface area contributed by atoms with Crippen molar-refractivity contribution in [3.8, 4) is 0 Å². The molecule has 3 aromatic rings. The second kappa shape index (κ2) is 5.56. The maximum absolute atomic E-state index is 6.29. The van der Waals surface area contributed by atoms with Gasteiger partial charge in [0.2, 0.25) is 0 Å². The maximum Gasteiger partial charge on any atom is 0.0722 e. The van der Waals surface area contributed by atoms with Gasteiger partial charge in [0.1, 0.15) is 0 Å². The molecule has 104 valence electrons. The predicted octanol–water partition coefficient (Wildman–Crippen LogP) is 4.01. The van der Waals surface area contributed by atoms with Crippen molar-refractivity contribution in [2.75, 3.05) is 0 Å². The average Bonchev–Trinajstić information content (AvgIpc) is 3.03. The Morgan fingerprint density at radius 3 is 2.85 bits per heavy atom. The molecular weight excluding hydrogens is 290 g/mol. The lowest BCUT2D eigenvalue weighted by atomic mass is 10.1. The smallest absolute Gasteiger partial charge is 0.0722 e. The van der Waals surface area contributed by atoms with E-state index >= 15 is 0 Å². The van der Waals surface area contributed by atoms with Crippen molar-refractivity contribution < 1.29 is 0 Å². The van der Waals surface area contributed by atoms with E-state index in [4.69, 9.17) is 17.3 Å². The fourth-order valence-electron chi connectivity index (χ4n) is 2.46. The van der Waals surface area contributed by atoms with Crippen molar-refractivity contribution in [2.45, 2.75) is 25.9 Å². The molecule has 3 rings (SSSR count). The fraction of sp³-hybridized carbons (Fsp3) is 0.267. The third-order valence-electron chi connectivity index (χ3n) is 3.43. The van der Waals surface area contributed by atoms with Gasteiger partial charge < -0.3 is 5.73 Å². The van der Waals surface area contributed by atoms with Gasteiger partial charge in [-0.3, -0.25) is 4.68 Å². The molecule has 2 N–H and O–H groups in total. The summed E-state index contributed by atoms with van der Waals surface area (Å²) in [6, 6.07) is 10.1. The van der Waals surface area contributed by atoms with Crippen LogP contribution >= 0.6 is 22.9 Å². The molecule has 0 radical (unpaired) electrons. The molecular formula is C15H16ClN3S. The monoisotopic (exact) mass is 305 g/mol. The van der Waals surface area contributed by atoms with Gasteiger partial charge in [-0.25, -0.2) is 0 Å². The second-order valence-electron chi connectivity index (χ2n) is 4.72. The molecule has 2 heterocycles. The van der Waals surface area contributed by atoms with Crippen molar-refractivity contribution in [3.05, 3.63) is 51.3 Å². The van der Waals surface area contributed by atoms with E-state index < -0.39 is 0 Å². The van der Waals surface area contributed by atoms with Crippen LogP contribution in [-0.4, -0.2) is 9.78 Å². The van der Waals surface area contributed by atoms with Crippen molar-refractivity contribution in [2.24, 2.45) is 5.73 Å². The Morgan fingerprint density at radius 1 is 1.35 bits per heavy atom. The summed E-state index contributed by atoms with van der Waals surface area (Å²) in [4.78, 5) is 1.03. The number of nitrogens with zero attached hydrogens (tertiary/aromatic N) is 2. The van der Waals surface area contributed by atoms with Crippen LogP contribution in [0.5, 0.6) is 0 Å². The predicted molar refractivity (Wildman–Crippen MR) is 85.4 cm³/mol. The standard InChI is InChI=1S/C15H16ClN3S/c1-2-19-14-6-4-3-5-10(14)13(18-19)9-12(17)15-11(16)7-8-20-15/h3-8,12H,2,9,17H2,1H3. The third kappa shape index (κ3) is 2.35. The fourth-order valence-corrected chi connectivity index (χ4v) is 3.66. The number of hydrogen-bond acceptors (Lipinski definition) is 3. The highest BCUT2D eigenvalue weighted by Gasteiger charge is 2.16. The highest BCUT2D eigenvalue weighted by molar-refractivity contribution is 7.10. The van der Waals surface area contributed by atoms with E-state index in [1.165, 1.54) is 5.39 Å². The van der Waals surface area contributed by atoms with E-state index in [0.29, 0.717) is 6.42 Å². The Balaban J connectivity index is 1.97. The summed E-state index contributed by atoms with van der Waals surface area (Å²) in [6.45, 7) is 2.95. The molecule has 3 nitrogen and oxygen atoms in total. The summed E-state index contributed by atoms with van der Waals surface area (Å²) in [6.07, 6.45) is 0.702. The molecule has 0 amide bonds. The molecule has 0 aliphatic heterocycles. The number of benzene rings is 1. The van der Waals surface area contributed by atoms with Crippen LogP contribution < -0.4 is 5.73 Å². The van der Waals surface area contributed by atoms with Gasteiger partial charge in [-0.15, -0.1) is 11.3 Å². The van der Waals surface area contributed by atoms with Crippen molar-refractivity contribution >= 4 is 33.8 Å². The molecule has 0 fully saturated rings. The largest absolute Gasteiger partial charge is 0.323 e. The van der Waals surface area contributed by atoms with Crippen molar-refractivity contribution in [3.63, 3.8) is 0 Å². The van der Waals surface area contributed by atoms with Crippen LogP contribution in [0.15, 0.2) is 35.7 Å². The Kier molecular flexibility index (Phi) is 3.78. The molecule has 0 aliphatic carbocycles. The molecule has 1 unspecified atom stereocenters. The zero-order valence-corrected chi connectivity index (χ0v) is 12.8. The number of rotatable bonds is 4. The number of thiophene rings is 1. The molecule has 5 heteroatoms. The van der Waals surface area contributed by atoms with E-state index in [2.05, 4.69) is 24.2 Å². The lowest BCUT2D eigenvalue weighted by Gasteiger charge is -2.08. The van der Waals surface area contributed by atoms with E-state index in [-0.39, 0.29) is 6.04 Å². The van der Waals surface area contributed by atoms with Gasteiger partial charge >= 0.3 is 0 Å². The lowest BCUT2D eigenvalue weighted by Crippen LogP contribution is -2.13. The summed E-state index contributed by atoms with van der Waals surface area (Å²) in [7, 11) is 0. The topological polar surface area (TPSA) is 43.8 Å². The quantitative estimate of drug-likeness (QED) is 0.791. The van der Waals surface area contributed by atoms with Gasteiger partial charge in [0.25, 0.3) is 0 Å². The molecule has 0 bridgehead atoms. The van der Waals surface area contributed by atoms with E-state index in [1.54, 1.807) is 11.3 Å². The average molecular weight is 306 g/mol. The lowest BCUT2D eigenvalue weighted by molar-refractivity contribution is 0.645. The first-order valence-electron chi connectivity index (χ1n) is 6.63. The summed E-state index contributed by atoms with van der Waals surface area (Å²) in [5.74, 6) is 0. The SMILES string of the molecule is CCn1nc(CC(N)c2sccc2Cl)c2ccccc21. The minimum atomic E-state index is -0.105. The Bertz CT molecular complexity index is 732. The second-order valence-corrected chi connectivity index (χ2v) is 6.08. The molecule has 1 aromatic carbocycles. The van der Waals surface area contributed by atoms with Gasteiger partial charge in [-0.05, 0) is 24.4 Å². The molecule has 0 spiro atoms. The van der Waals surface area contributed by atoms with Gasteiger partial charge in [-0.1, -0.05) is 29.8 Å². The number of nitrogens with two attached hydrogens (primary N) is 1. The zero-order chi connectivity index (χ0) is 14.1. The number of hydrogen-bond donors (Lipinski definition) is 1. The summed E-state index contributed by atoms with van der Waals surface area (Å²) < 4.78 is 2.02. The minimum absolute atomic E-state index is 0.105. The number of aryl methyl sites for hydroxylation is 1. The molecule has 20 heavy (non-hydrogen) atoms. The van der Waals surface area contributed by atoms with Crippen LogP contribution in [-0.2, 0) is 13.0 Å². The van der Waals surface area contributed by atoms with E-state index in [0.717, 1.165) is 27.7 Å². The first-order valence-corrected chi connectivity index (χ1v) is 7.89. The molecule has 0 saturated heterocycles. The molecule has 2 aromatic heterocycles. The van der Waals surface area contributed by atoms with Gasteiger partial charge in [0.15, 0.2) is 0 Å². The van der Waals surface area contributed by atoms with Crippen LogP contribution in [0.3, 0.4) is 0 Å². The third-order valence-corrected chi connectivity index (χ3v) is 4.92. The van der Waals surface area contributed by atoms with Crippen molar-refractivity contribution in [1.82, 2.24) is 9.78 Å². The highest BCUT2D eigenvalue weighted by Crippen LogP contribution is 2.30. The Morgan fingerprint density at radius 2 is 2.15 bits per heavy atom. The number of halogens is 1.